The lowest BCUT2D eigenvalue weighted by Gasteiger charge is -2.20. The number of fused-ring (bicyclic) bond motifs is 1. The first-order valence-electron chi connectivity index (χ1n) is 7.93. The quantitative estimate of drug-likeness (QED) is 0.596. The molecule has 2 aromatic heterocycles. The zero-order valence-electron chi connectivity index (χ0n) is 14.5. The number of rotatable bonds is 8. The monoisotopic (exact) mass is 377 g/mol. The van der Waals surface area contributed by atoms with Crippen LogP contribution in [0.3, 0.4) is 0 Å². The topological polar surface area (TPSA) is 114 Å². The molecule has 10 heteroatoms. The summed E-state index contributed by atoms with van der Waals surface area (Å²) < 4.78 is 30.7. The molecule has 1 aromatic carbocycles. The van der Waals surface area contributed by atoms with Crippen LogP contribution in [0.15, 0.2) is 43.0 Å². The number of hydrogen-bond acceptors (Lipinski definition) is 8. The first-order chi connectivity index (χ1) is 12.5. The van der Waals surface area contributed by atoms with E-state index in [1.165, 1.54) is 13.4 Å². The van der Waals surface area contributed by atoms with Gasteiger partial charge in [-0.15, -0.1) is 0 Å². The first kappa shape index (κ1) is 18.3. The van der Waals surface area contributed by atoms with E-state index in [-0.39, 0.29) is 12.5 Å². The number of nitrogens with zero attached hydrogens (tertiary/aromatic N) is 4. The van der Waals surface area contributed by atoms with E-state index < -0.39 is 7.60 Å². The zero-order chi connectivity index (χ0) is 18.6. The van der Waals surface area contributed by atoms with Gasteiger partial charge in [-0.2, -0.15) is 0 Å². The number of anilines is 1. The molecule has 138 valence electrons. The van der Waals surface area contributed by atoms with Crippen LogP contribution in [-0.4, -0.2) is 39.1 Å². The van der Waals surface area contributed by atoms with E-state index in [4.69, 9.17) is 19.5 Å². The predicted molar refractivity (Wildman–Crippen MR) is 96.8 cm³/mol. The van der Waals surface area contributed by atoms with Crippen LogP contribution >= 0.6 is 7.60 Å². The molecular formula is C16H20N5O4P. The lowest BCUT2D eigenvalue weighted by molar-refractivity contribution is 0.0752. The summed E-state index contributed by atoms with van der Waals surface area (Å²) in [6.07, 6.45) is 2.54. The highest BCUT2D eigenvalue weighted by Gasteiger charge is 2.26. The van der Waals surface area contributed by atoms with Crippen LogP contribution < -0.4 is 10.3 Å². The van der Waals surface area contributed by atoms with Crippen molar-refractivity contribution in [1.29, 1.82) is 0 Å². The van der Waals surface area contributed by atoms with Crippen molar-refractivity contribution in [1.82, 2.24) is 19.5 Å². The molecule has 0 aliphatic rings. The Labute approximate surface area is 150 Å². The van der Waals surface area contributed by atoms with Crippen LogP contribution in [0, 0.1) is 0 Å². The molecule has 2 N–H and O–H groups in total. The van der Waals surface area contributed by atoms with Crippen LogP contribution in [0.5, 0.6) is 5.75 Å². The van der Waals surface area contributed by atoms with E-state index in [2.05, 4.69) is 15.0 Å². The predicted octanol–water partition coefficient (Wildman–Crippen LogP) is 2.69. The summed E-state index contributed by atoms with van der Waals surface area (Å²) in [7, 11) is -2.08. The lowest BCUT2D eigenvalue weighted by Crippen LogP contribution is -2.18. The van der Waals surface area contributed by atoms with Crippen LogP contribution in [0.25, 0.3) is 11.2 Å². The fourth-order valence-electron chi connectivity index (χ4n) is 2.34. The minimum atomic E-state index is -3.41. The number of nitrogens with two attached hydrogens (primary N) is 1. The SMILES string of the molecule is CO[P@](=O)(CO[C@H](C)Cn1cnc2c(N)ncnc21)Oc1ccccc1. The van der Waals surface area contributed by atoms with Crippen molar-refractivity contribution in [2.75, 3.05) is 19.2 Å². The maximum Gasteiger partial charge on any atom is 0.404 e. The smallest absolute Gasteiger partial charge is 0.404 e. The summed E-state index contributed by atoms with van der Waals surface area (Å²) in [5.41, 5.74) is 6.93. The molecule has 0 aliphatic heterocycles. The zero-order valence-corrected chi connectivity index (χ0v) is 15.4. The highest BCUT2D eigenvalue weighted by atomic mass is 31.2. The molecule has 0 fully saturated rings. The van der Waals surface area contributed by atoms with Crippen LogP contribution in [-0.2, 0) is 20.4 Å². The second-order valence-corrected chi connectivity index (χ2v) is 7.66. The standard InChI is InChI=1S/C16H20N5O4P/c1-12(8-21-10-20-14-15(17)18-9-19-16(14)21)24-11-26(22,23-2)25-13-6-4-3-5-7-13/h3-7,9-10,12H,8,11H2,1-2H3,(H2,17,18,19)/t12-,26-/m1/s1. The Bertz CT molecular complexity index is 917. The maximum absolute atomic E-state index is 12.7. The van der Waals surface area contributed by atoms with E-state index in [1.54, 1.807) is 35.2 Å². The maximum atomic E-state index is 12.7. The molecule has 26 heavy (non-hydrogen) atoms. The minimum Gasteiger partial charge on any atom is -0.423 e. The van der Waals surface area contributed by atoms with Crippen molar-refractivity contribution in [3.63, 3.8) is 0 Å². The highest BCUT2D eigenvalue weighted by molar-refractivity contribution is 7.54. The van der Waals surface area contributed by atoms with Gasteiger partial charge in [0.25, 0.3) is 0 Å². The van der Waals surface area contributed by atoms with E-state index in [0.717, 1.165) is 0 Å². The number of hydrogen-bond donors (Lipinski definition) is 1. The Hall–Kier alpha value is -2.48. The third kappa shape index (κ3) is 4.19. The van der Waals surface area contributed by atoms with Crippen LogP contribution in [0.1, 0.15) is 6.92 Å². The number of para-hydroxylation sites is 1. The Morgan fingerprint density at radius 3 is 2.73 bits per heavy atom. The fraction of sp³-hybridized carbons (Fsp3) is 0.312. The summed E-state index contributed by atoms with van der Waals surface area (Å²) in [5, 5.41) is 0. The summed E-state index contributed by atoms with van der Waals surface area (Å²) in [4.78, 5) is 12.3. The first-order valence-corrected chi connectivity index (χ1v) is 9.66. The molecule has 0 unspecified atom stereocenters. The van der Waals surface area contributed by atoms with Crippen molar-refractivity contribution < 1.29 is 18.3 Å². The average molecular weight is 377 g/mol. The van der Waals surface area contributed by atoms with Gasteiger partial charge in [-0.1, -0.05) is 18.2 Å². The van der Waals surface area contributed by atoms with Gasteiger partial charge in [0.1, 0.15) is 17.6 Å². The van der Waals surface area contributed by atoms with Crippen molar-refractivity contribution in [2.24, 2.45) is 0 Å². The second-order valence-electron chi connectivity index (χ2n) is 5.63. The van der Waals surface area contributed by atoms with Gasteiger partial charge in [0.2, 0.25) is 0 Å². The van der Waals surface area contributed by atoms with Crippen molar-refractivity contribution in [3.8, 4) is 5.75 Å². The van der Waals surface area contributed by atoms with Gasteiger partial charge < -0.3 is 24.1 Å². The molecule has 0 amide bonds. The van der Waals surface area contributed by atoms with E-state index in [1.807, 2.05) is 13.0 Å². The molecule has 0 radical (unpaired) electrons. The number of aromatic nitrogens is 4. The largest absolute Gasteiger partial charge is 0.423 e. The van der Waals surface area contributed by atoms with Gasteiger partial charge in [-0.3, -0.25) is 0 Å². The Morgan fingerprint density at radius 1 is 1.23 bits per heavy atom. The van der Waals surface area contributed by atoms with Crippen LogP contribution in [0.4, 0.5) is 5.82 Å². The van der Waals surface area contributed by atoms with Gasteiger partial charge in [0.15, 0.2) is 17.8 Å². The average Bonchev–Trinajstić information content (AvgIpc) is 3.05. The summed E-state index contributed by atoms with van der Waals surface area (Å²) >= 11 is 0. The van der Waals surface area contributed by atoms with Gasteiger partial charge >= 0.3 is 7.60 Å². The Kier molecular flexibility index (Phi) is 5.51. The number of nitrogen functional groups attached to an aromatic ring is 1. The van der Waals surface area contributed by atoms with Crippen molar-refractivity contribution in [2.45, 2.75) is 19.6 Å². The van der Waals surface area contributed by atoms with Gasteiger partial charge in [-0.05, 0) is 19.1 Å². The summed E-state index contributed by atoms with van der Waals surface area (Å²) in [6, 6.07) is 8.83. The molecular weight excluding hydrogens is 357 g/mol. The van der Waals surface area contributed by atoms with E-state index in [9.17, 15) is 4.57 Å². The lowest BCUT2D eigenvalue weighted by atomic mass is 10.3. The molecule has 0 saturated heterocycles. The third-order valence-corrected chi connectivity index (χ3v) is 5.18. The Balaban J connectivity index is 1.62. The molecule has 2 heterocycles. The molecule has 3 aromatic rings. The molecule has 0 spiro atoms. The second kappa shape index (κ2) is 7.82. The molecule has 2 atom stereocenters. The highest BCUT2D eigenvalue weighted by Crippen LogP contribution is 2.47. The molecule has 0 bridgehead atoms. The summed E-state index contributed by atoms with van der Waals surface area (Å²) in [5.74, 6) is 0.782. The molecule has 0 saturated carbocycles. The van der Waals surface area contributed by atoms with Gasteiger partial charge in [0.05, 0.1) is 19.0 Å². The number of imidazole rings is 1. The number of benzene rings is 1. The van der Waals surface area contributed by atoms with Crippen molar-refractivity contribution in [3.05, 3.63) is 43.0 Å². The van der Waals surface area contributed by atoms with Crippen LogP contribution in [0.2, 0.25) is 0 Å². The van der Waals surface area contributed by atoms with Gasteiger partial charge in [-0.25, -0.2) is 19.5 Å². The third-order valence-electron chi connectivity index (χ3n) is 3.67. The number of ether oxygens (including phenoxy) is 1. The summed E-state index contributed by atoms with van der Waals surface area (Å²) in [6.45, 7) is 2.29. The van der Waals surface area contributed by atoms with E-state index >= 15 is 0 Å². The Morgan fingerprint density at radius 2 is 2.00 bits per heavy atom. The molecule has 3 rings (SSSR count). The molecule has 9 nitrogen and oxygen atoms in total. The van der Waals surface area contributed by atoms with Crippen molar-refractivity contribution >= 4 is 24.6 Å². The van der Waals surface area contributed by atoms with Gasteiger partial charge in [0, 0.05) is 7.11 Å². The van der Waals surface area contributed by atoms with E-state index in [0.29, 0.717) is 29.3 Å². The molecule has 0 aliphatic carbocycles. The minimum absolute atomic E-state index is 0.177. The normalized spacial score (nSPS) is 14.8. The fourth-order valence-corrected chi connectivity index (χ4v) is 3.45.